The lowest BCUT2D eigenvalue weighted by molar-refractivity contribution is -0.386. The second-order valence-electron chi connectivity index (χ2n) is 9.62. The number of nitrogens with zero attached hydrogens (tertiary/aromatic N) is 2. The molecule has 0 aliphatic carbocycles. The van der Waals surface area contributed by atoms with Crippen LogP contribution < -0.4 is 10.1 Å². The number of nitrogens with one attached hydrogen (secondary N) is 1. The van der Waals surface area contributed by atoms with Crippen molar-refractivity contribution < 1.29 is 49.5 Å². The first-order chi connectivity index (χ1) is 20.6. The van der Waals surface area contributed by atoms with Gasteiger partial charge in [0.25, 0.3) is 5.88 Å². The van der Waals surface area contributed by atoms with E-state index in [1.807, 2.05) is 0 Å². The van der Waals surface area contributed by atoms with Gasteiger partial charge in [-0.2, -0.15) is 0 Å². The molecule has 0 aliphatic rings. The number of aliphatic hydroxyl groups excluding tert-OH is 5. The van der Waals surface area contributed by atoms with Crippen LogP contribution in [0.4, 0.5) is 5.69 Å². The summed E-state index contributed by atoms with van der Waals surface area (Å²) in [6.07, 6.45) is -7.31. The van der Waals surface area contributed by atoms with Crippen LogP contribution in [0.2, 0.25) is 0 Å². The summed E-state index contributed by atoms with van der Waals surface area (Å²) in [6.45, 7) is -0.153. The van der Waals surface area contributed by atoms with Gasteiger partial charge in [0.15, 0.2) is 5.60 Å². The number of aliphatic hydroxyl groups is 5. The molecule has 43 heavy (non-hydrogen) atoms. The fraction of sp³-hybridized carbons (Fsp3) is 0.379. The van der Waals surface area contributed by atoms with Gasteiger partial charge >= 0.3 is 11.7 Å². The average Bonchev–Trinajstić information content (AvgIpc) is 3.03. The highest BCUT2D eigenvalue weighted by Gasteiger charge is 2.50. The standard InChI is InChI=1S/C29H35N3O11/c1-18-13-21(32(39)40)27(31-14-18)43-26(28(38)42-17-30-15-22(34)24(36)25(37)23(35)16-33)29(41-2,19-9-5-3-6-10-19)20-11-7-4-8-12-20/h3-14,22-26,30,33-37H,15-17H2,1-2H3/t22-,23+,24+,25+,26?/m0/s1. The molecule has 0 aliphatic heterocycles. The second-order valence-corrected chi connectivity index (χ2v) is 9.62. The van der Waals surface area contributed by atoms with Crippen molar-refractivity contribution in [1.82, 2.24) is 10.3 Å². The predicted octanol–water partition coefficient (Wildman–Crippen LogP) is 0.162. The molecule has 3 aromatic rings. The molecule has 3 rings (SSSR count). The Balaban J connectivity index is 1.97. The van der Waals surface area contributed by atoms with E-state index in [-0.39, 0.29) is 0 Å². The number of benzene rings is 2. The van der Waals surface area contributed by atoms with Crippen LogP contribution in [0.15, 0.2) is 72.9 Å². The van der Waals surface area contributed by atoms with Crippen molar-refractivity contribution >= 4 is 11.7 Å². The lowest BCUT2D eigenvalue weighted by atomic mass is 9.81. The number of methoxy groups -OCH3 is 1. The smallest absolute Gasteiger partial charge is 0.352 e. The fourth-order valence-corrected chi connectivity index (χ4v) is 4.44. The second kappa shape index (κ2) is 15.5. The Hall–Kier alpha value is -4.02. The third-order valence-electron chi connectivity index (χ3n) is 6.70. The molecule has 0 spiro atoms. The van der Waals surface area contributed by atoms with E-state index in [4.69, 9.17) is 19.3 Å². The number of aromatic nitrogens is 1. The molecule has 1 aromatic heterocycles. The van der Waals surface area contributed by atoms with Crippen molar-refractivity contribution in [3.05, 3.63) is 99.7 Å². The van der Waals surface area contributed by atoms with Gasteiger partial charge < -0.3 is 39.7 Å². The molecule has 2 aromatic carbocycles. The molecule has 5 atom stereocenters. The minimum absolute atomic E-state index is 0.396. The Kier molecular flexibility index (Phi) is 12.0. The van der Waals surface area contributed by atoms with E-state index in [9.17, 15) is 35.3 Å². The maximum Gasteiger partial charge on any atom is 0.352 e. The molecule has 1 heterocycles. The molecular formula is C29H35N3O11. The highest BCUT2D eigenvalue weighted by Crippen LogP contribution is 2.40. The zero-order valence-corrected chi connectivity index (χ0v) is 23.5. The minimum Gasteiger partial charge on any atom is -0.453 e. The zero-order chi connectivity index (χ0) is 31.6. The summed E-state index contributed by atoms with van der Waals surface area (Å²) in [6, 6.07) is 18.4. The van der Waals surface area contributed by atoms with Crippen molar-refractivity contribution in [3.8, 4) is 5.88 Å². The minimum atomic E-state index is -1.83. The van der Waals surface area contributed by atoms with Crippen LogP contribution in [0.1, 0.15) is 16.7 Å². The van der Waals surface area contributed by atoms with Crippen LogP contribution >= 0.6 is 0 Å². The summed E-state index contributed by atoms with van der Waals surface area (Å²) in [4.78, 5) is 29.0. The molecule has 1 unspecified atom stereocenters. The van der Waals surface area contributed by atoms with Gasteiger partial charge in [-0.25, -0.2) is 9.78 Å². The molecule has 0 saturated carbocycles. The molecule has 6 N–H and O–H groups in total. The molecular weight excluding hydrogens is 566 g/mol. The maximum atomic E-state index is 13.8. The van der Waals surface area contributed by atoms with E-state index in [0.29, 0.717) is 16.7 Å². The molecule has 14 heteroatoms. The Morgan fingerprint density at radius 1 is 1.00 bits per heavy atom. The lowest BCUT2D eigenvalue weighted by Gasteiger charge is -2.38. The van der Waals surface area contributed by atoms with Crippen LogP contribution in [0.25, 0.3) is 0 Å². The Labute approximate surface area is 247 Å². The highest BCUT2D eigenvalue weighted by atomic mass is 16.6. The van der Waals surface area contributed by atoms with E-state index < -0.39 is 78.5 Å². The van der Waals surface area contributed by atoms with Gasteiger partial charge in [-0.15, -0.1) is 0 Å². The summed E-state index contributed by atoms with van der Waals surface area (Å²) >= 11 is 0. The number of hydrogen-bond acceptors (Lipinski definition) is 13. The summed E-state index contributed by atoms with van der Waals surface area (Å²) < 4.78 is 17.5. The van der Waals surface area contributed by atoms with Gasteiger partial charge in [0.1, 0.15) is 25.0 Å². The third-order valence-corrected chi connectivity index (χ3v) is 6.70. The monoisotopic (exact) mass is 601 g/mol. The summed E-state index contributed by atoms with van der Waals surface area (Å²) in [5.74, 6) is -1.47. The number of carbonyl (C=O) groups excluding carboxylic acids is 1. The van der Waals surface area contributed by atoms with Crippen LogP contribution in [0.5, 0.6) is 5.88 Å². The molecule has 0 fully saturated rings. The van der Waals surface area contributed by atoms with Crippen LogP contribution in [-0.2, 0) is 19.9 Å². The number of nitro groups is 1. The molecule has 14 nitrogen and oxygen atoms in total. The van der Waals surface area contributed by atoms with Crippen molar-refractivity contribution in [2.24, 2.45) is 0 Å². The first-order valence-corrected chi connectivity index (χ1v) is 13.2. The number of carbonyl (C=O) groups is 1. The van der Waals surface area contributed by atoms with Gasteiger partial charge in [0.2, 0.25) is 6.10 Å². The number of rotatable bonds is 16. The number of ether oxygens (including phenoxy) is 3. The first-order valence-electron chi connectivity index (χ1n) is 13.2. The Morgan fingerprint density at radius 3 is 2.07 bits per heavy atom. The number of esters is 1. The summed E-state index contributed by atoms with van der Waals surface area (Å²) in [7, 11) is 1.35. The van der Waals surface area contributed by atoms with Crippen molar-refractivity contribution in [3.63, 3.8) is 0 Å². The van der Waals surface area contributed by atoms with Crippen LogP contribution in [-0.4, -0.2) is 98.9 Å². The predicted molar refractivity (Wildman–Crippen MR) is 151 cm³/mol. The highest BCUT2D eigenvalue weighted by molar-refractivity contribution is 5.78. The van der Waals surface area contributed by atoms with Gasteiger partial charge in [-0.05, 0) is 23.6 Å². The van der Waals surface area contributed by atoms with Crippen LogP contribution in [0.3, 0.4) is 0 Å². The Morgan fingerprint density at radius 2 is 1.56 bits per heavy atom. The normalized spacial score (nSPS) is 15.1. The van der Waals surface area contributed by atoms with E-state index in [1.165, 1.54) is 19.4 Å². The lowest BCUT2D eigenvalue weighted by Crippen LogP contribution is -2.52. The number of hydrogen-bond donors (Lipinski definition) is 6. The van der Waals surface area contributed by atoms with Crippen LogP contribution in [0, 0.1) is 17.0 Å². The summed E-state index contributed by atoms with van der Waals surface area (Å²) in [5.41, 5.74) is -0.765. The average molecular weight is 602 g/mol. The molecule has 0 amide bonds. The quantitative estimate of drug-likeness (QED) is 0.0425. The van der Waals surface area contributed by atoms with E-state index >= 15 is 0 Å². The molecule has 0 radical (unpaired) electrons. The fourth-order valence-electron chi connectivity index (χ4n) is 4.44. The maximum absolute atomic E-state index is 13.8. The number of pyridine rings is 1. The van der Waals surface area contributed by atoms with Crippen molar-refractivity contribution in [2.45, 2.75) is 43.0 Å². The largest absolute Gasteiger partial charge is 0.453 e. The molecule has 0 bridgehead atoms. The van der Waals surface area contributed by atoms with Gasteiger partial charge in [-0.3, -0.25) is 15.4 Å². The Bertz CT molecular complexity index is 1290. The van der Waals surface area contributed by atoms with Crippen molar-refractivity contribution in [2.75, 3.05) is 27.0 Å². The van der Waals surface area contributed by atoms with E-state index in [2.05, 4.69) is 10.3 Å². The third kappa shape index (κ3) is 7.88. The van der Waals surface area contributed by atoms with E-state index in [0.717, 1.165) is 0 Å². The zero-order valence-electron chi connectivity index (χ0n) is 23.5. The topological polar surface area (TPSA) is 214 Å². The SMILES string of the molecule is COC(c1ccccc1)(c1ccccc1)C(Oc1ncc(C)cc1[N+](=O)[O-])C(=O)OCNC[C@H](O)[C@@H](O)[C@H](O)[C@H](O)CO. The van der Waals surface area contributed by atoms with Gasteiger partial charge in [-0.1, -0.05) is 60.7 Å². The molecule has 232 valence electrons. The number of aryl methyl sites for hydroxylation is 1. The van der Waals surface area contributed by atoms with Gasteiger partial charge in [0, 0.05) is 25.9 Å². The van der Waals surface area contributed by atoms with Crippen molar-refractivity contribution in [1.29, 1.82) is 0 Å². The van der Waals surface area contributed by atoms with Gasteiger partial charge in [0.05, 0.1) is 17.6 Å². The van der Waals surface area contributed by atoms with E-state index in [1.54, 1.807) is 67.6 Å². The first kappa shape index (κ1) is 33.5. The molecule has 0 saturated heterocycles. The summed E-state index contributed by atoms with van der Waals surface area (Å²) in [5, 5.41) is 62.9.